The van der Waals surface area contributed by atoms with Gasteiger partial charge in [0.05, 0.1) is 17.1 Å². The smallest absolute Gasteiger partial charge is 0.252 e. The minimum absolute atomic E-state index is 0.0440. The van der Waals surface area contributed by atoms with E-state index in [1.165, 1.54) is 5.56 Å². The van der Waals surface area contributed by atoms with Crippen molar-refractivity contribution in [1.82, 2.24) is 30.1 Å². The monoisotopic (exact) mass is 486 g/mol. The summed E-state index contributed by atoms with van der Waals surface area (Å²) >= 11 is 0. The van der Waals surface area contributed by atoms with Gasteiger partial charge in [-0.15, -0.1) is 5.10 Å². The van der Waals surface area contributed by atoms with Crippen LogP contribution in [0.3, 0.4) is 0 Å². The number of tetrazole rings is 1. The zero-order valence-corrected chi connectivity index (χ0v) is 22.3. The summed E-state index contributed by atoms with van der Waals surface area (Å²) in [4.78, 5) is 18.7. The van der Waals surface area contributed by atoms with Gasteiger partial charge in [0.2, 0.25) is 0 Å². The zero-order valence-electron chi connectivity index (χ0n) is 22.3. The maximum Gasteiger partial charge on any atom is 0.252 e. The molecular formula is C29H38N6O. The van der Waals surface area contributed by atoms with Crippen LogP contribution in [0.1, 0.15) is 69.6 Å². The molecule has 7 heteroatoms. The molecule has 0 aliphatic heterocycles. The molecule has 4 aromatic rings. The predicted molar refractivity (Wildman–Crippen MR) is 145 cm³/mol. The average Bonchev–Trinajstić information content (AvgIpc) is 3.34. The van der Waals surface area contributed by atoms with E-state index < -0.39 is 0 Å². The molecule has 1 N–H and O–H groups in total. The van der Waals surface area contributed by atoms with Gasteiger partial charge in [-0.25, -0.2) is 4.68 Å². The molecule has 0 aliphatic carbocycles. The number of pyridine rings is 1. The number of nitrogens with zero attached hydrogens (tertiary/aromatic N) is 5. The summed E-state index contributed by atoms with van der Waals surface area (Å²) in [6.45, 7) is 14.2. The molecule has 0 spiro atoms. The number of aromatic nitrogens is 5. The Balaban J connectivity index is 1.76. The van der Waals surface area contributed by atoms with E-state index in [2.05, 4.69) is 90.4 Å². The van der Waals surface area contributed by atoms with E-state index in [4.69, 9.17) is 0 Å². The molecule has 0 radical (unpaired) electrons. The molecule has 0 bridgehead atoms. The van der Waals surface area contributed by atoms with Crippen molar-refractivity contribution in [2.45, 2.75) is 72.5 Å². The number of rotatable bonds is 10. The van der Waals surface area contributed by atoms with Gasteiger partial charge in [0, 0.05) is 18.7 Å². The van der Waals surface area contributed by atoms with Crippen molar-refractivity contribution in [3.63, 3.8) is 0 Å². The first-order valence-electron chi connectivity index (χ1n) is 12.9. The van der Waals surface area contributed by atoms with Gasteiger partial charge in [-0.05, 0) is 72.5 Å². The van der Waals surface area contributed by atoms with Crippen molar-refractivity contribution in [2.24, 2.45) is 5.92 Å². The van der Waals surface area contributed by atoms with Gasteiger partial charge < -0.3 is 4.98 Å². The third-order valence-electron chi connectivity index (χ3n) is 7.29. The summed E-state index contributed by atoms with van der Waals surface area (Å²) in [6.07, 6.45) is 1.77. The molecule has 2 aromatic carbocycles. The molecule has 0 aliphatic rings. The zero-order chi connectivity index (χ0) is 25.9. The largest absolute Gasteiger partial charge is 0.321 e. The van der Waals surface area contributed by atoms with Gasteiger partial charge in [0.1, 0.15) is 0 Å². The normalized spacial score (nSPS) is 13.1. The fourth-order valence-corrected chi connectivity index (χ4v) is 4.84. The summed E-state index contributed by atoms with van der Waals surface area (Å²) in [5.74, 6) is 1.08. The van der Waals surface area contributed by atoms with Gasteiger partial charge in [-0.3, -0.25) is 9.69 Å². The highest BCUT2D eigenvalue weighted by Crippen LogP contribution is 2.32. The topological polar surface area (TPSA) is 79.7 Å². The van der Waals surface area contributed by atoms with Crippen LogP contribution in [-0.2, 0) is 18.5 Å². The standard InChI is InChI=1S/C29H38N6O/c1-7-29(5,6)35-27(31-32-33-35)26(20(2)3)34(17-16-22-13-9-8-10-14-22)19-24-18-23-15-11-12-21(4)25(23)30-28(24)36/h8-15,18,20,26H,7,16-17,19H2,1-6H3,(H,30,36). The van der Waals surface area contributed by atoms with Crippen molar-refractivity contribution in [3.05, 3.63) is 87.5 Å². The number of fused-ring (bicyclic) bond motifs is 1. The summed E-state index contributed by atoms with van der Waals surface area (Å²) in [5, 5.41) is 14.1. The fourth-order valence-electron chi connectivity index (χ4n) is 4.84. The molecule has 36 heavy (non-hydrogen) atoms. The van der Waals surface area contributed by atoms with Crippen LogP contribution in [-0.4, -0.2) is 36.6 Å². The number of hydrogen-bond donors (Lipinski definition) is 1. The summed E-state index contributed by atoms with van der Waals surface area (Å²) < 4.78 is 1.97. The molecule has 0 amide bonds. The van der Waals surface area contributed by atoms with E-state index in [9.17, 15) is 4.79 Å². The van der Waals surface area contributed by atoms with Crippen molar-refractivity contribution < 1.29 is 0 Å². The van der Waals surface area contributed by atoms with Gasteiger partial charge in [0.25, 0.3) is 5.56 Å². The van der Waals surface area contributed by atoms with Crippen molar-refractivity contribution in [3.8, 4) is 0 Å². The van der Waals surface area contributed by atoms with Gasteiger partial charge >= 0.3 is 0 Å². The summed E-state index contributed by atoms with van der Waals surface area (Å²) in [5.41, 5.74) is 3.73. The number of hydrogen-bond acceptors (Lipinski definition) is 5. The predicted octanol–water partition coefficient (Wildman–Crippen LogP) is 5.41. The Morgan fingerprint density at radius 3 is 2.53 bits per heavy atom. The Labute approximate surface area is 213 Å². The molecule has 7 nitrogen and oxygen atoms in total. The quantitative estimate of drug-likeness (QED) is 0.324. The number of nitrogens with one attached hydrogen (secondary N) is 1. The Morgan fingerprint density at radius 2 is 1.83 bits per heavy atom. The van der Waals surface area contributed by atoms with Crippen LogP contribution in [0.2, 0.25) is 0 Å². The van der Waals surface area contributed by atoms with Gasteiger partial charge in [0.15, 0.2) is 5.82 Å². The van der Waals surface area contributed by atoms with Crippen LogP contribution in [0, 0.1) is 12.8 Å². The van der Waals surface area contributed by atoms with Crippen molar-refractivity contribution in [2.75, 3.05) is 6.54 Å². The van der Waals surface area contributed by atoms with E-state index in [0.29, 0.717) is 6.54 Å². The molecule has 190 valence electrons. The van der Waals surface area contributed by atoms with Crippen LogP contribution in [0.25, 0.3) is 10.9 Å². The molecule has 4 rings (SSSR count). The number of aromatic amines is 1. The first kappa shape index (κ1) is 25.8. The lowest BCUT2D eigenvalue weighted by molar-refractivity contribution is 0.127. The van der Waals surface area contributed by atoms with E-state index in [0.717, 1.165) is 47.2 Å². The lowest BCUT2D eigenvalue weighted by atomic mass is 9.97. The maximum absolute atomic E-state index is 13.2. The minimum atomic E-state index is -0.213. The van der Waals surface area contributed by atoms with E-state index in [1.807, 2.05) is 35.9 Å². The van der Waals surface area contributed by atoms with Crippen LogP contribution in [0.5, 0.6) is 0 Å². The highest BCUT2D eigenvalue weighted by molar-refractivity contribution is 5.81. The highest BCUT2D eigenvalue weighted by atomic mass is 16.1. The molecule has 2 heterocycles. The third kappa shape index (κ3) is 5.41. The van der Waals surface area contributed by atoms with E-state index in [1.54, 1.807) is 0 Å². The number of H-pyrrole nitrogens is 1. The Kier molecular flexibility index (Phi) is 7.69. The van der Waals surface area contributed by atoms with Crippen LogP contribution < -0.4 is 5.56 Å². The fraction of sp³-hybridized carbons (Fsp3) is 0.448. The third-order valence-corrected chi connectivity index (χ3v) is 7.29. The first-order valence-corrected chi connectivity index (χ1v) is 12.9. The van der Waals surface area contributed by atoms with Crippen LogP contribution in [0.15, 0.2) is 59.4 Å². The first-order chi connectivity index (χ1) is 17.2. The van der Waals surface area contributed by atoms with E-state index in [-0.39, 0.29) is 23.1 Å². The second-order valence-electron chi connectivity index (χ2n) is 10.7. The summed E-state index contributed by atoms with van der Waals surface area (Å²) in [7, 11) is 0. The molecule has 2 aromatic heterocycles. The Morgan fingerprint density at radius 1 is 1.08 bits per heavy atom. The van der Waals surface area contributed by atoms with Gasteiger partial charge in [-0.2, -0.15) is 0 Å². The molecule has 0 saturated carbocycles. The minimum Gasteiger partial charge on any atom is -0.321 e. The lowest BCUT2D eigenvalue weighted by Crippen LogP contribution is -2.39. The molecule has 1 atom stereocenters. The molecular weight excluding hydrogens is 448 g/mol. The highest BCUT2D eigenvalue weighted by Gasteiger charge is 2.33. The lowest BCUT2D eigenvalue weighted by Gasteiger charge is -2.35. The Bertz CT molecular complexity index is 1360. The second kappa shape index (κ2) is 10.7. The van der Waals surface area contributed by atoms with Crippen molar-refractivity contribution >= 4 is 10.9 Å². The number of para-hydroxylation sites is 1. The van der Waals surface area contributed by atoms with Gasteiger partial charge in [-0.1, -0.05) is 69.3 Å². The molecule has 0 fully saturated rings. The van der Waals surface area contributed by atoms with Crippen LogP contribution >= 0.6 is 0 Å². The number of benzene rings is 2. The Hall–Kier alpha value is -3.32. The van der Waals surface area contributed by atoms with Crippen LogP contribution in [0.4, 0.5) is 0 Å². The average molecular weight is 487 g/mol. The number of aryl methyl sites for hydroxylation is 1. The SMILES string of the molecule is CCC(C)(C)n1nnnc1C(C(C)C)N(CCc1ccccc1)Cc1cc2cccc(C)c2[nH]c1=O. The summed E-state index contributed by atoms with van der Waals surface area (Å²) in [6, 6.07) is 18.6. The second-order valence-corrected chi connectivity index (χ2v) is 10.7. The van der Waals surface area contributed by atoms with Crippen molar-refractivity contribution in [1.29, 1.82) is 0 Å². The molecule has 1 unspecified atom stereocenters. The van der Waals surface area contributed by atoms with E-state index >= 15 is 0 Å². The molecule has 0 saturated heterocycles. The maximum atomic E-state index is 13.2.